The maximum atomic E-state index is 11.2. The molecule has 84 valence electrons. The number of phenols is 1. The molecule has 0 saturated heterocycles. The fourth-order valence-corrected chi connectivity index (χ4v) is 1.46. The van der Waals surface area contributed by atoms with Crippen molar-refractivity contribution in [2.75, 3.05) is 14.2 Å². The van der Waals surface area contributed by atoms with Crippen molar-refractivity contribution in [1.82, 2.24) is 0 Å². The van der Waals surface area contributed by atoms with Gasteiger partial charge >= 0.3 is 5.97 Å². The lowest BCUT2D eigenvalue weighted by Crippen LogP contribution is -1.97. The molecule has 5 heteroatoms. The second-order valence-electron chi connectivity index (χ2n) is 3.16. The molecule has 1 heterocycles. The number of phenolic OH excluding ortho intramolecular Hbond substituents is 1. The minimum absolute atomic E-state index is 0.00937. The number of carbonyl (C=O) groups is 1. The quantitative estimate of drug-likeness (QED) is 0.786. The minimum atomic E-state index is -0.572. The third-order valence-electron chi connectivity index (χ3n) is 2.19. The van der Waals surface area contributed by atoms with Crippen molar-refractivity contribution in [3.05, 3.63) is 24.0 Å². The van der Waals surface area contributed by atoms with Crippen LogP contribution in [0.15, 0.2) is 22.6 Å². The molecule has 0 aliphatic heterocycles. The van der Waals surface area contributed by atoms with E-state index in [-0.39, 0.29) is 11.5 Å². The Morgan fingerprint density at radius 2 is 2.06 bits per heavy atom. The van der Waals surface area contributed by atoms with Crippen LogP contribution in [-0.4, -0.2) is 25.3 Å². The highest BCUT2D eigenvalue weighted by Gasteiger charge is 2.15. The number of rotatable bonds is 2. The summed E-state index contributed by atoms with van der Waals surface area (Å²) < 4.78 is 14.8. The lowest BCUT2D eigenvalue weighted by molar-refractivity contribution is 0.0567. The molecule has 5 nitrogen and oxygen atoms in total. The summed E-state index contributed by atoms with van der Waals surface area (Å²) in [6.07, 6.45) is 0. The summed E-state index contributed by atoms with van der Waals surface area (Å²) in [7, 11) is 2.74. The topological polar surface area (TPSA) is 68.9 Å². The average Bonchev–Trinajstić information content (AvgIpc) is 2.70. The average molecular weight is 222 g/mol. The summed E-state index contributed by atoms with van der Waals surface area (Å²) in [4.78, 5) is 11.2. The van der Waals surface area contributed by atoms with Crippen molar-refractivity contribution in [3.63, 3.8) is 0 Å². The first-order valence-electron chi connectivity index (χ1n) is 4.54. The summed E-state index contributed by atoms with van der Waals surface area (Å²) in [5, 5.41) is 10.0. The molecular formula is C11H10O5. The molecule has 1 aromatic heterocycles. The molecule has 0 atom stereocenters. The molecule has 0 amide bonds. The van der Waals surface area contributed by atoms with Gasteiger partial charge in [0.05, 0.1) is 19.6 Å². The highest BCUT2D eigenvalue weighted by atomic mass is 16.5. The molecule has 16 heavy (non-hydrogen) atoms. The molecule has 1 aromatic carbocycles. The fourth-order valence-electron chi connectivity index (χ4n) is 1.46. The van der Waals surface area contributed by atoms with Crippen LogP contribution in [-0.2, 0) is 4.74 Å². The molecule has 0 fully saturated rings. The van der Waals surface area contributed by atoms with E-state index in [1.807, 2.05) is 0 Å². The van der Waals surface area contributed by atoms with Crippen molar-refractivity contribution in [2.45, 2.75) is 0 Å². The maximum Gasteiger partial charge on any atom is 0.373 e. The fraction of sp³-hybridized carbons (Fsp3) is 0.182. The van der Waals surface area contributed by atoms with E-state index in [1.54, 1.807) is 0 Å². The number of benzene rings is 1. The third-order valence-corrected chi connectivity index (χ3v) is 2.19. The standard InChI is InChI=1S/C11H10O5/c1-14-8-3-6(12)4-9-7(8)5-10(16-9)11(13)15-2/h3-5,12H,1-2H3. The molecule has 0 bridgehead atoms. The Hall–Kier alpha value is -2.17. The monoisotopic (exact) mass is 222 g/mol. The molecule has 2 rings (SSSR count). The van der Waals surface area contributed by atoms with Crippen LogP contribution in [0.3, 0.4) is 0 Å². The van der Waals surface area contributed by atoms with E-state index in [1.165, 1.54) is 32.4 Å². The number of hydrogen-bond donors (Lipinski definition) is 1. The van der Waals surface area contributed by atoms with Crippen molar-refractivity contribution >= 4 is 16.9 Å². The number of methoxy groups -OCH3 is 2. The Bertz CT molecular complexity index is 541. The lowest BCUT2D eigenvalue weighted by Gasteiger charge is -2.00. The van der Waals surface area contributed by atoms with E-state index >= 15 is 0 Å². The zero-order valence-corrected chi connectivity index (χ0v) is 8.81. The van der Waals surface area contributed by atoms with E-state index in [0.29, 0.717) is 16.7 Å². The normalized spacial score (nSPS) is 10.4. The molecular weight excluding hydrogens is 212 g/mol. The predicted octanol–water partition coefficient (Wildman–Crippen LogP) is 1.93. The van der Waals surface area contributed by atoms with E-state index in [0.717, 1.165) is 0 Å². The zero-order chi connectivity index (χ0) is 11.7. The maximum absolute atomic E-state index is 11.2. The lowest BCUT2D eigenvalue weighted by atomic mass is 10.2. The van der Waals surface area contributed by atoms with Gasteiger partial charge in [-0.25, -0.2) is 4.79 Å². The Balaban J connectivity index is 2.64. The zero-order valence-electron chi connectivity index (χ0n) is 8.81. The summed E-state index contributed by atoms with van der Waals surface area (Å²) in [6.45, 7) is 0. The van der Waals surface area contributed by atoms with Gasteiger partial charge < -0.3 is 19.0 Å². The predicted molar refractivity (Wildman–Crippen MR) is 55.8 cm³/mol. The third kappa shape index (κ3) is 1.56. The van der Waals surface area contributed by atoms with E-state index in [2.05, 4.69) is 4.74 Å². The SMILES string of the molecule is COC(=O)c1cc2c(OC)cc(O)cc2o1. The van der Waals surface area contributed by atoms with Gasteiger partial charge in [-0.1, -0.05) is 0 Å². The Morgan fingerprint density at radius 1 is 1.31 bits per heavy atom. The number of hydrogen-bond acceptors (Lipinski definition) is 5. The van der Waals surface area contributed by atoms with Gasteiger partial charge in [-0.15, -0.1) is 0 Å². The highest BCUT2D eigenvalue weighted by Crippen LogP contribution is 2.32. The van der Waals surface area contributed by atoms with E-state index in [9.17, 15) is 9.90 Å². The molecule has 0 radical (unpaired) electrons. The molecule has 0 aliphatic carbocycles. The first-order chi connectivity index (χ1) is 7.65. The van der Waals surface area contributed by atoms with Crippen LogP contribution in [0.1, 0.15) is 10.6 Å². The van der Waals surface area contributed by atoms with Gasteiger partial charge in [0.15, 0.2) is 0 Å². The van der Waals surface area contributed by atoms with Crippen LogP contribution in [0.25, 0.3) is 11.0 Å². The molecule has 0 spiro atoms. The Labute approximate surface area is 91.2 Å². The highest BCUT2D eigenvalue weighted by molar-refractivity contribution is 5.95. The number of ether oxygens (including phenoxy) is 2. The first-order valence-corrected chi connectivity index (χ1v) is 4.54. The van der Waals surface area contributed by atoms with Gasteiger partial charge in [0, 0.05) is 18.2 Å². The first kappa shape index (κ1) is 10.4. The van der Waals surface area contributed by atoms with Gasteiger partial charge in [-0.05, 0) is 0 Å². The van der Waals surface area contributed by atoms with Crippen LogP contribution in [0.2, 0.25) is 0 Å². The summed E-state index contributed by atoms with van der Waals surface area (Å²) >= 11 is 0. The molecule has 0 aliphatic rings. The molecule has 0 unspecified atom stereocenters. The van der Waals surface area contributed by atoms with Crippen LogP contribution in [0.5, 0.6) is 11.5 Å². The largest absolute Gasteiger partial charge is 0.508 e. The molecule has 1 N–H and O–H groups in total. The number of aromatic hydroxyl groups is 1. The Morgan fingerprint density at radius 3 is 2.69 bits per heavy atom. The molecule has 2 aromatic rings. The van der Waals surface area contributed by atoms with E-state index < -0.39 is 5.97 Å². The van der Waals surface area contributed by atoms with Gasteiger partial charge in [0.1, 0.15) is 17.1 Å². The van der Waals surface area contributed by atoms with Crippen molar-refractivity contribution in [1.29, 1.82) is 0 Å². The van der Waals surface area contributed by atoms with Crippen LogP contribution < -0.4 is 4.74 Å². The second-order valence-corrected chi connectivity index (χ2v) is 3.16. The number of fused-ring (bicyclic) bond motifs is 1. The number of furan rings is 1. The van der Waals surface area contributed by atoms with Gasteiger partial charge in [-0.3, -0.25) is 0 Å². The number of carbonyl (C=O) groups excluding carboxylic acids is 1. The van der Waals surface area contributed by atoms with Crippen LogP contribution in [0.4, 0.5) is 0 Å². The summed E-state index contributed by atoms with van der Waals surface area (Å²) in [5.41, 5.74) is 0.372. The minimum Gasteiger partial charge on any atom is -0.508 e. The summed E-state index contributed by atoms with van der Waals surface area (Å²) in [5.74, 6) is -0.0526. The van der Waals surface area contributed by atoms with Gasteiger partial charge in [-0.2, -0.15) is 0 Å². The van der Waals surface area contributed by atoms with E-state index in [4.69, 9.17) is 9.15 Å². The molecule has 0 saturated carbocycles. The number of esters is 1. The van der Waals surface area contributed by atoms with Gasteiger partial charge in [0.2, 0.25) is 5.76 Å². The van der Waals surface area contributed by atoms with Crippen molar-refractivity contribution in [2.24, 2.45) is 0 Å². The Kier molecular flexibility index (Phi) is 2.44. The smallest absolute Gasteiger partial charge is 0.373 e. The second kappa shape index (κ2) is 3.77. The van der Waals surface area contributed by atoms with Crippen LogP contribution >= 0.6 is 0 Å². The summed E-state index contributed by atoms with van der Waals surface area (Å²) in [6, 6.07) is 4.36. The van der Waals surface area contributed by atoms with Crippen molar-refractivity contribution in [3.8, 4) is 11.5 Å². The van der Waals surface area contributed by atoms with Crippen molar-refractivity contribution < 1.29 is 23.8 Å². The van der Waals surface area contributed by atoms with Gasteiger partial charge in [0.25, 0.3) is 0 Å². The van der Waals surface area contributed by atoms with Crippen LogP contribution in [0, 0.1) is 0 Å².